The minimum Gasteiger partial charge on any atom is -0.293 e. The highest BCUT2D eigenvalue weighted by atomic mass is 32.1. The van der Waals surface area contributed by atoms with Crippen LogP contribution in [0.15, 0.2) is 36.4 Å². The second kappa shape index (κ2) is 5.28. The van der Waals surface area contributed by atoms with Crippen molar-refractivity contribution < 1.29 is 4.79 Å². The van der Waals surface area contributed by atoms with Gasteiger partial charge < -0.3 is 0 Å². The molecule has 0 amide bonds. The molecule has 0 unspecified atom stereocenters. The first kappa shape index (κ1) is 12.1. The maximum atomic E-state index is 12.0. The molecule has 1 nitrogen and oxygen atoms in total. The van der Waals surface area contributed by atoms with E-state index in [9.17, 15) is 4.79 Å². The molecule has 1 aromatic carbocycles. The SMILES string of the molecule is Cc1ccc(C(=O)CCc2ccccc2C)s1. The van der Waals surface area contributed by atoms with Crippen LogP contribution in [0, 0.1) is 13.8 Å². The van der Waals surface area contributed by atoms with E-state index in [0.717, 1.165) is 11.3 Å². The van der Waals surface area contributed by atoms with Gasteiger partial charge in [0.15, 0.2) is 5.78 Å². The van der Waals surface area contributed by atoms with E-state index in [1.807, 2.05) is 31.2 Å². The van der Waals surface area contributed by atoms with Crippen LogP contribution < -0.4 is 0 Å². The summed E-state index contributed by atoms with van der Waals surface area (Å²) >= 11 is 1.59. The van der Waals surface area contributed by atoms with E-state index in [-0.39, 0.29) is 5.78 Å². The topological polar surface area (TPSA) is 17.1 Å². The van der Waals surface area contributed by atoms with Gasteiger partial charge in [-0.25, -0.2) is 0 Å². The van der Waals surface area contributed by atoms with E-state index in [1.54, 1.807) is 11.3 Å². The first-order chi connectivity index (χ1) is 8.16. The normalized spacial score (nSPS) is 10.5. The van der Waals surface area contributed by atoms with Gasteiger partial charge in [0.1, 0.15) is 0 Å². The quantitative estimate of drug-likeness (QED) is 0.737. The minimum absolute atomic E-state index is 0.256. The van der Waals surface area contributed by atoms with Crippen molar-refractivity contribution in [3.05, 3.63) is 57.3 Å². The molecule has 2 heteroatoms. The fourth-order valence-electron chi connectivity index (χ4n) is 1.85. The van der Waals surface area contributed by atoms with E-state index in [1.165, 1.54) is 16.0 Å². The summed E-state index contributed by atoms with van der Waals surface area (Å²) in [6, 6.07) is 12.2. The van der Waals surface area contributed by atoms with E-state index in [0.29, 0.717) is 6.42 Å². The molecule has 0 fully saturated rings. The summed E-state index contributed by atoms with van der Waals surface area (Å²) in [5, 5.41) is 0. The number of hydrogen-bond donors (Lipinski definition) is 0. The summed E-state index contributed by atoms with van der Waals surface area (Å²) in [7, 11) is 0. The van der Waals surface area contributed by atoms with Crippen molar-refractivity contribution in [2.24, 2.45) is 0 Å². The largest absolute Gasteiger partial charge is 0.293 e. The zero-order valence-corrected chi connectivity index (χ0v) is 11.0. The zero-order chi connectivity index (χ0) is 12.3. The second-order valence-corrected chi connectivity index (χ2v) is 5.55. The number of carbonyl (C=O) groups excluding carboxylic acids is 1. The molecule has 0 saturated heterocycles. The van der Waals surface area contributed by atoms with Gasteiger partial charge in [-0.1, -0.05) is 24.3 Å². The Balaban J connectivity index is 1.99. The first-order valence-corrected chi connectivity index (χ1v) is 6.62. The molecule has 0 aliphatic carbocycles. The van der Waals surface area contributed by atoms with Gasteiger partial charge in [0, 0.05) is 11.3 Å². The van der Waals surface area contributed by atoms with Crippen LogP contribution in [0.5, 0.6) is 0 Å². The Kier molecular flexibility index (Phi) is 3.75. The smallest absolute Gasteiger partial charge is 0.173 e. The lowest BCUT2D eigenvalue weighted by molar-refractivity contribution is 0.0986. The molecule has 17 heavy (non-hydrogen) atoms. The summed E-state index contributed by atoms with van der Waals surface area (Å²) in [6.45, 7) is 4.12. The lowest BCUT2D eigenvalue weighted by Crippen LogP contribution is -1.99. The minimum atomic E-state index is 0.256. The van der Waals surface area contributed by atoms with Crippen LogP contribution in [0.1, 0.15) is 32.1 Å². The third kappa shape index (κ3) is 3.04. The fourth-order valence-corrected chi connectivity index (χ4v) is 2.68. The number of carbonyl (C=O) groups is 1. The van der Waals surface area contributed by atoms with Crippen molar-refractivity contribution in [1.82, 2.24) is 0 Å². The summed E-state index contributed by atoms with van der Waals surface area (Å²) in [5.74, 6) is 0.256. The Bertz CT molecular complexity index is 525. The Morgan fingerprint density at radius 3 is 2.53 bits per heavy atom. The van der Waals surface area contributed by atoms with Crippen LogP contribution in [0.2, 0.25) is 0 Å². The van der Waals surface area contributed by atoms with Crippen LogP contribution in [-0.4, -0.2) is 5.78 Å². The van der Waals surface area contributed by atoms with Gasteiger partial charge in [0.05, 0.1) is 4.88 Å². The number of aryl methyl sites for hydroxylation is 3. The number of rotatable bonds is 4. The number of benzene rings is 1. The average Bonchev–Trinajstić information content (AvgIpc) is 2.74. The second-order valence-electron chi connectivity index (χ2n) is 4.26. The Hall–Kier alpha value is -1.41. The van der Waals surface area contributed by atoms with Gasteiger partial charge in [-0.05, 0) is 43.5 Å². The average molecular weight is 244 g/mol. The van der Waals surface area contributed by atoms with Gasteiger partial charge in [-0.2, -0.15) is 0 Å². The van der Waals surface area contributed by atoms with E-state index >= 15 is 0 Å². The molecular weight excluding hydrogens is 228 g/mol. The molecule has 0 aliphatic rings. The van der Waals surface area contributed by atoms with Crippen LogP contribution >= 0.6 is 11.3 Å². The van der Waals surface area contributed by atoms with Crippen molar-refractivity contribution in [1.29, 1.82) is 0 Å². The van der Waals surface area contributed by atoms with Crippen LogP contribution in [0.25, 0.3) is 0 Å². The third-order valence-electron chi connectivity index (χ3n) is 2.90. The predicted octanol–water partition coefficient (Wildman–Crippen LogP) is 4.18. The third-order valence-corrected chi connectivity index (χ3v) is 3.94. The molecule has 0 bridgehead atoms. The number of Topliss-reactive ketones (excluding diaryl/α,β-unsaturated/α-hetero) is 1. The van der Waals surface area contributed by atoms with E-state index < -0.39 is 0 Å². The van der Waals surface area contributed by atoms with Crippen LogP contribution in [0.3, 0.4) is 0 Å². The molecule has 0 N–H and O–H groups in total. The molecule has 0 spiro atoms. The van der Waals surface area contributed by atoms with E-state index in [4.69, 9.17) is 0 Å². The van der Waals surface area contributed by atoms with Gasteiger partial charge in [-0.15, -0.1) is 11.3 Å². The molecule has 2 aromatic rings. The Morgan fingerprint density at radius 1 is 1.12 bits per heavy atom. The predicted molar refractivity (Wildman–Crippen MR) is 72.9 cm³/mol. The van der Waals surface area contributed by atoms with Crippen LogP contribution in [-0.2, 0) is 6.42 Å². The Labute approximate surface area is 106 Å². The monoisotopic (exact) mass is 244 g/mol. The summed E-state index contributed by atoms with van der Waals surface area (Å²) < 4.78 is 0. The molecule has 0 radical (unpaired) electrons. The molecule has 0 atom stereocenters. The van der Waals surface area contributed by atoms with Gasteiger partial charge in [0.2, 0.25) is 0 Å². The molecular formula is C15H16OS. The molecule has 2 rings (SSSR count). The molecule has 1 aromatic heterocycles. The highest BCUT2D eigenvalue weighted by Gasteiger charge is 2.08. The maximum absolute atomic E-state index is 12.0. The van der Waals surface area contributed by atoms with E-state index in [2.05, 4.69) is 19.1 Å². The summed E-state index contributed by atoms with van der Waals surface area (Å²) in [4.78, 5) is 14.0. The number of hydrogen-bond acceptors (Lipinski definition) is 2. The van der Waals surface area contributed by atoms with Gasteiger partial charge in [-0.3, -0.25) is 4.79 Å². The van der Waals surface area contributed by atoms with Crippen molar-refractivity contribution >= 4 is 17.1 Å². The van der Waals surface area contributed by atoms with Crippen molar-refractivity contribution in [2.45, 2.75) is 26.7 Å². The van der Waals surface area contributed by atoms with Crippen molar-refractivity contribution in [3.63, 3.8) is 0 Å². The maximum Gasteiger partial charge on any atom is 0.173 e. The van der Waals surface area contributed by atoms with Crippen LogP contribution in [0.4, 0.5) is 0 Å². The van der Waals surface area contributed by atoms with Gasteiger partial charge >= 0.3 is 0 Å². The summed E-state index contributed by atoms with van der Waals surface area (Å²) in [6.07, 6.45) is 1.44. The first-order valence-electron chi connectivity index (χ1n) is 5.81. The molecule has 1 heterocycles. The standard InChI is InChI=1S/C15H16OS/c1-11-5-3-4-6-13(11)8-9-14(16)15-10-7-12(2)17-15/h3-7,10H,8-9H2,1-2H3. The van der Waals surface area contributed by atoms with Crippen molar-refractivity contribution in [2.75, 3.05) is 0 Å². The lowest BCUT2D eigenvalue weighted by atomic mass is 10.0. The fraction of sp³-hybridized carbons (Fsp3) is 0.267. The highest BCUT2D eigenvalue weighted by Crippen LogP contribution is 2.18. The Morgan fingerprint density at radius 2 is 1.88 bits per heavy atom. The molecule has 0 saturated carbocycles. The molecule has 88 valence electrons. The lowest BCUT2D eigenvalue weighted by Gasteiger charge is -2.03. The van der Waals surface area contributed by atoms with Crippen molar-refractivity contribution in [3.8, 4) is 0 Å². The number of ketones is 1. The number of thiophene rings is 1. The van der Waals surface area contributed by atoms with Gasteiger partial charge in [0.25, 0.3) is 0 Å². The highest BCUT2D eigenvalue weighted by molar-refractivity contribution is 7.14. The zero-order valence-electron chi connectivity index (χ0n) is 10.2. The summed E-state index contributed by atoms with van der Waals surface area (Å²) in [5.41, 5.74) is 2.54. The molecule has 0 aliphatic heterocycles.